The molecule has 0 spiro atoms. The van der Waals surface area contributed by atoms with Gasteiger partial charge in [0.05, 0.1) is 0 Å². The van der Waals surface area contributed by atoms with E-state index in [4.69, 9.17) is 10.5 Å². The van der Waals surface area contributed by atoms with Crippen LogP contribution >= 0.6 is 0 Å². The van der Waals surface area contributed by atoms with E-state index < -0.39 is 6.09 Å². The van der Waals surface area contributed by atoms with Crippen LogP contribution in [0.15, 0.2) is 18.2 Å². The van der Waals surface area contributed by atoms with Gasteiger partial charge in [0.15, 0.2) is 0 Å². The molecule has 1 atom stereocenters. The van der Waals surface area contributed by atoms with Crippen LogP contribution in [0.2, 0.25) is 0 Å². The van der Waals surface area contributed by atoms with E-state index in [0.717, 1.165) is 5.56 Å². The Kier molecular flexibility index (Phi) is 4.31. The molecule has 1 amide bonds. The molecular weight excluding hydrogens is 204 g/mol. The van der Waals surface area contributed by atoms with Gasteiger partial charge >= 0.3 is 6.09 Å². The van der Waals surface area contributed by atoms with E-state index in [1.807, 2.05) is 32.9 Å². The van der Waals surface area contributed by atoms with Gasteiger partial charge in [0.2, 0.25) is 0 Å². The van der Waals surface area contributed by atoms with Crippen molar-refractivity contribution in [1.29, 1.82) is 0 Å². The van der Waals surface area contributed by atoms with E-state index in [-0.39, 0.29) is 6.04 Å². The second kappa shape index (κ2) is 5.51. The molecule has 0 aliphatic carbocycles. The minimum absolute atomic E-state index is 0.0766. The quantitative estimate of drug-likeness (QED) is 0.818. The second-order valence-corrected chi connectivity index (χ2v) is 3.99. The molecule has 88 valence electrons. The summed E-state index contributed by atoms with van der Waals surface area (Å²) < 4.78 is 5.10. The van der Waals surface area contributed by atoms with E-state index in [1.165, 1.54) is 5.56 Å². The maximum Gasteiger partial charge on any atom is 0.412 e. The Morgan fingerprint density at radius 3 is 2.69 bits per heavy atom. The van der Waals surface area contributed by atoms with Gasteiger partial charge in [-0.3, -0.25) is 0 Å². The lowest BCUT2D eigenvalue weighted by molar-refractivity contribution is 0.200. The molecule has 0 aliphatic heterocycles. The minimum Gasteiger partial charge on any atom is -0.410 e. The summed E-state index contributed by atoms with van der Waals surface area (Å²) in [5.41, 5.74) is 7.77. The van der Waals surface area contributed by atoms with Crippen molar-refractivity contribution in [3.8, 4) is 5.75 Å². The zero-order chi connectivity index (χ0) is 12.1. The first-order chi connectivity index (χ1) is 7.49. The molecule has 0 saturated heterocycles. The fraction of sp³-hybridized carbons (Fsp3) is 0.417. The zero-order valence-electron chi connectivity index (χ0n) is 9.91. The Hall–Kier alpha value is -1.55. The molecule has 4 heteroatoms. The Morgan fingerprint density at radius 2 is 2.12 bits per heavy atom. The number of amides is 1. The fourth-order valence-corrected chi connectivity index (χ4v) is 1.16. The lowest BCUT2D eigenvalue weighted by Crippen LogP contribution is -2.36. The summed E-state index contributed by atoms with van der Waals surface area (Å²) >= 11 is 0. The summed E-state index contributed by atoms with van der Waals surface area (Å²) in [6, 6.07) is 5.45. The Labute approximate surface area is 95.8 Å². The highest BCUT2D eigenvalue weighted by Crippen LogP contribution is 2.16. The third-order valence-electron chi connectivity index (χ3n) is 2.26. The van der Waals surface area contributed by atoms with Gasteiger partial charge in [-0.25, -0.2) is 4.79 Å². The van der Waals surface area contributed by atoms with Gasteiger partial charge in [0, 0.05) is 12.6 Å². The number of hydrogen-bond acceptors (Lipinski definition) is 3. The third-order valence-corrected chi connectivity index (χ3v) is 2.26. The second-order valence-electron chi connectivity index (χ2n) is 3.99. The summed E-state index contributed by atoms with van der Waals surface area (Å²) in [5, 5.41) is 2.58. The Bertz CT molecular complexity index is 375. The van der Waals surface area contributed by atoms with Crippen LogP contribution in [0.3, 0.4) is 0 Å². The largest absolute Gasteiger partial charge is 0.412 e. The summed E-state index contributed by atoms with van der Waals surface area (Å²) in [6.45, 7) is 6.21. The van der Waals surface area contributed by atoms with Gasteiger partial charge in [-0.2, -0.15) is 0 Å². The number of aryl methyl sites for hydroxylation is 2. The lowest BCUT2D eigenvalue weighted by Gasteiger charge is -2.09. The number of ether oxygens (including phenoxy) is 1. The first-order valence-electron chi connectivity index (χ1n) is 5.27. The number of rotatable bonds is 3. The number of nitrogens with one attached hydrogen (secondary N) is 1. The molecule has 0 saturated carbocycles. The molecule has 0 heterocycles. The van der Waals surface area contributed by atoms with Crippen LogP contribution < -0.4 is 15.8 Å². The standard InChI is InChI=1S/C12H18N2O2/c1-8-4-5-11(6-9(8)2)16-12(15)14-7-10(3)13/h4-6,10H,7,13H2,1-3H3,(H,14,15). The molecule has 1 aromatic carbocycles. The minimum atomic E-state index is -0.472. The monoisotopic (exact) mass is 222 g/mol. The molecule has 0 radical (unpaired) electrons. The van der Waals surface area contributed by atoms with Gasteiger partial charge in [-0.15, -0.1) is 0 Å². The van der Waals surface area contributed by atoms with Crippen molar-refractivity contribution < 1.29 is 9.53 Å². The van der Waals surface area contributed by atoms with Crippen LogP contribution in [0.1, 0.15) is 18.1 Å². The smallest absolute Gasteiger partial charge is 0.410 e. The molecular formula is C12H18N2O2. The van der Waals surface area contributed by atoms with Gasteiger partial charge in [-0.1, -0.05) is 6.07 Å². The van der Waals surface area contributed by atoms with E-state index in [1.54, 1.807) is 6.07 Å². The summed E-state index contributed by atoms with van der Waals surface area (Å²) in [6.07, 6.45) is -0.472. The van der Waals surface area contributed by atoms with Crippen molar-refractivity contribution in [2.45, 2.75) is 26.8 Å². The highest BCUT2D eigenvalue weighted by atomic mass is 16.6. The van der Waals surface area contributed by atoms with Crippen molar-refractivity contribution >= 4 is 6.09 Å². The first kappa shape index (κ1) is 12.5. The van der Waals surface area contributed by atoms with Gasteiger partial charge < -0.3 is 15.8 Å². The normalized spacial score (nSPS) is 12.0. The lowest BCUT2D eigenvalue weighted by atomic mass is 10.1. The maximum absolute atomic E-state index is 11.3. The van der Waals surface area contributed by atoms with Crippen LogP contribution in [0.4, 0.5) is 4.79 Å². The Balaban J connectivity index is 2.53. The molecule has 0 aliphatic rings. The molecule has 16 heavy (non-hydrogen) atoms. The molecule has 1 rings (SSSR count). The molecule has 4 nitrogen and oxygen atoms in total. The zero-order valence-corrected chi connectivity index (χ0v) is 9.91. The molecule has 0 aromatic heterocycles. The third kappa shape index (κ3) is 3.90. The SMILES string of the molecule is Cc1ccc(OC(=O)NCC(C)N)cc1C. The van der Waals surface area contributed by atoms with Crippen molar-refractivity contribution in [2.75, 3.05) is 6.54 Å². The predicted molar refractivity (Wildman–Crippen MR) is 63.6 cm³/mol. The maximum atomic E-state index is 11.3. The van der Waals surface area contributed by atoms with Crippen molar-refractivity contribution in [1.82, 2.24) is 5.32 Å². The molecule has 1 aromatic rings. The van der Waals surface area contributed by atoms with Crippen LogP contribution in [0.5, 0.6) is 5.75 Å². The van der Waals surface area contributed by atoms with Crippen LogP contribution in [-0.4, -0.2) is 18.7 Å². The first-order valence-corrected chi connectivity index (χ1v) is 5.27. The number of carbonyl (C=O) groups excluding carboxylic acids is 1. The number of nitrogens with two attached hydrogens (primary N) is 1. The number of carbonyl (C=O) groups is 1. The number of benzene rings is 1. The van der Waals surface area contributed by atoms with Gasteiger partial charge in [0.25, 0.3) is 0 Å². The van der Waals surface area contributed by atoms with Crippen molar-refractivity contribution in [3.05, 3.63) is 29.3 Å². The van der Waals surface area contributed by atoms with Crippen LogP contribution in [-0.2, 0) is 0 Å². The molecule has 3 N–H and O–H groups in total. The molecule has 1 unspecified atom stereocenters. The number of hydrogen-bond donors (Lipinski definition) is 2. The summed E-state index contributed by atoms with van der Waals surface area (Å²) in [7, 11) is 0. The summed E-state index contributed by atoms with van der Waals surface area (Å²) in [5.74, 6) is 0.547. The van der Waals surface area contributed by atoms with E-state index >= 15 is 0 Å². The topological polar surface area (TPSA) is 64.3 Å². The van der Waals surface area contributed by atoms with Crippen LogP contribution in [0.25, 0.3) is 0 Å². The summed E-state index contributed by atoms with van der Waals surface area (Å²) in [4.78, 5) is 11.3. The Morgan fingerprint density at radius 1 is 1.44 bits per heavy atom. The highest BCUT2D eigenvalue weighted by Gasteiger charge is 2.05. The average Bonchev–Trinajstić information content (AvgIpc) is 2.21. The highest BCUT2D eigenvalue weighted by molar-refractivity contribution is 5.70. The molecule has 0 fully saturated rings. The van der Waals surface area contributed by atoms with Crippen LogP contribution in [0, 0.1) is 13.8 Å². The van der Waals surface area contributed by atoms with Gasteiger partial charge in [0.1, 0.15) is 5.75 Å². The average molecular weight is 222 g/mol. The van der Waals surface area contributed by atoms with Crippen molar-refractivity contribution in [2.24, 2.45) is 5.73 Å². The van der Waals surface area contributed by atoms with Crippen molar-refractivity contribution in [3.63, 3.8) is 0 Å². The van der Waals surface area contributed by atoms with E-state index in [0.29, 0.717) is 12.3 Å². The molecule has 0 bridgehead atoms. The van der Waals surface area contributed by atoms with E-state index in [2.05, 4.69) is 5.32 Å². The fourth-order valence-electron chi connectivity index (χ4n) is 1.16. The predicted octanol–water partition coefficient (Wildman–Crippen LogP) is 1.74. The van der Waals surface area contributed by atoms with Gasteiger partial charge in [-0.05, 0) is 44.0 Å². The van der Waals surface area contributed by atoms with E-state index in [9.17, 15) is 4.79 Å².